The van der Waals surface area contributed by atoms with Crippen molar-refractivity contribution < 1.29 is 19.7 Å². The summed E-state index contributed by atoms with van der Waals surface area (Å²) in [4.78, 5) is 4.20. The molecular weight excluding hydrogens is 434 g/mol. The van der Waals surface area contributed by atoms with Crippen molar-refractivity contribution in [2.75, 3.05) is 7.11 Å². The van der Waals surface area contributed by atoms with Gasteiger partial charge >= 0.3 is 0 Å². The highest BCUT2D eigenvalue weighted by atomic mass is 79.9. The van der Waals surface area contributed by atoms with Gasteiger partial charge in [0.2, 0.25) is 0 Å². The zero-order valence-corrected chi connectivity index (χ0v) is 17.3. The Morgan fingerprint density at radius 2 is 1.83 bits per heavy atom. The van der Waals surface area contributed by atoms with E-state index in [-0.39, 0.29) is 5.92 Å². The molecule has 2 aromatic carbocycles. The second-order valence-corrected chi connectivity index (χ2v) is 8.46. The Morgan fingerprint density at radius 3 is 2.52 bits per heavy atom. The summed E-state index contributed by atoms with van der Waals surface area (Å²) in [6.07, 6.45) is 2.42. The van der Waals surface area contributed by atoms with Gasteiger partial charge in [0.1, 0.15) is 11.5 Å². The number of nitrogens with zero attached hydrogens (tertiary/aromatic N) is 1. The van der Waals surface area contributed by atoms with Crippen molar-refractivity contribution >= 4 is 15.9 Å². The molecule has 148 valence electrons. The van der Waals surface area contributed by atoms with E-state index in [9.17, 15) is 10.2 Å². The van der Waals surface area contributed by atoms with Crippen molar-refractivity contribution in [3.05, 3.63) is 88.2 Å². The lowest BCUT2D eigenvalue weighted by atomic mass is 9.71. The third-order valence-corrected chi connectivity index (χ3v) is 6.75. The van der Waals surface area contributed by atoms with E-state index < -0.39 is 17.3 Å². The van der Waals surface area contributed by atoms with E-state index in [1.165, 1.54) is 7.11 Å². The maximum atomic E-state index is 12.2. The Labute approximate surface area is 177 Å². The molecule has 0 saturated heterocycles. The Hall–Kier alpha value is -2.41. The highest BCUT2D eigenvalue weighted by molar-refractivity contribution is 9.10. The number of aliphatic hydroxyl groups excluding tert-OH is 1. The minimum atomic E-state index is -1.69. The third kappa shape index (κ3) is 2.37. The summed E-state index contributed by atoms with van der Waals surface area (Å²) in [5, 5.41) is 23.4. The van der Waals surface area contributed by atoms with Crippen LogP contribution >= 0.6 is 15.9 Å². The second-order valence-electron chi connectivity index (χ2n) is 7.54. The zero-order chi connectivity index (χ0) is 20.2. The van der Waals surface area contributed by atoms with E-state index in [0.29, 0.717) is 23.5 Å². The summed E-state index contributed by atoms with van der Waals surface area (Å²) in [6, 6.07) is 17.6. The molecule has 3 aromatic rings. The predicted octanol–water partition coefficient (Wildman–Crippen LogP) is 3.88. The van der Waals surface area contributed by atoms with Crippen LogP contribution in [-0.2, 0) is 11.2 Å². The molecule has 2 N–H and O–H groups in total. The number of halogens is 1. The fraction of sp³-hybridized carbons (Fsp3) is 0.261. The van der Waals surface area contributed by atoms with Crippen LogP contribution in [0.15, 0.2) is 71.5 Å². The van der Waals surface area contributed by atoms with Gasteiger partial charge in [0.15, 0.2) is 11.2 Å². The van der Waals surface area contributed by atoms with Crippen LogP contribution in [0.25, 0.3) is 0 Å². The maximum absolute atomic E-state index is 12.2. The second kappa shape index (κ2) is 6.55. The van der Waals surface area contributed by atoms with Crippen LogP contribution in [-0.4, -0.2) is 28.4 Å². The number of fused-ring (bicyclic) bond motifs is 3. The lowest BCUT2D eigenvalue weighted by Crippen LogP contribution is -2.52. The molecule has 4 atom stereocenters. The summed E-state index contributed by atoms with van der Waals surface area (Å²) < 4.78 is 13.0. The molecule has 4 unspecified atom stereocenters. The highest BCUT2D eigenvalue weighted by Crippen LogP contribution is 2.67. The number of rotatable bonds is 3. The van der Waals surface area contributed by atoms with Gasteiger partial charge < -0.3 is 19.7 Å². The first-order chi connectivity index (χ1) is 14.0. The molecule has 1 aliphatic carbocycles. The maximum Gasteiger partial charge on any atom is 0.176 e. The summed E-state index contributed by atoms with van der Waals surface area (Å²) in [5.74, 6) is 0.549. The van der Waals surface area contributed by atoms with Crippen molar-refractivity contribution in [1.29, 1.82) is 0 Å². The van der Waals surface area contributed by atoms with Gasteiger partial charge in [-0.2, -0.15) is 0 Å². The van der Waals surface area contributed by atoms with Crippen LogP contribution in [0.1, 0.15) is 29.0 Å². The summed E-state index contributed by atoms with van der Waals surface area (Å²) in [7, 11) is 1.52. The number of benzene rings is 2. The van der Waals surface area contributed by atoms with Gasteiger partial charge in [-0.3, -0.25) is 4.98 Å². The number of hydrogen-bond donors (Lipinski definition) is 2. The molecule has 5 rings (SSSR count). The average Bonchev–Trinajstić information content (AvgIpc) is 3.15. The largest absolute Gasteiger partial charge is 0.495 e. The third-order valence-electron chi connectivity index (χ3n) is 6.22. The molecule has 6 heteroatoms. The molecule has 1 fully saturated rings. The monoisotopic (exact) mass is 453 g/mol. The van der Waals surface area contributed by atoms with Gasteiger partial charge in [-0.1, -0.05) is 58.4 Å². The first-order valence-corrected chi connectivity index (χ1v) is 10.2. The Morgan fingerprint density at radius 1 is 1.10 bits per heavy atom. The quantitative estimate of drug-likeness (QED) is 0.629. The van der Waals surface area contributed by atoms with Crippen LogP contribution in [0.5, 0.6) is 11.5 Å². The number of hydrogen-bond acceptors (Lipinski definition) is 5. The van der Waals surface area contributed by atoms with Crippen molar-refractivity contribution in [3.63, 3.8) is 0 Å². The minimum absolute atomic E-state index is 0.276. The molecule has 2 heterocycles. The Kier molecular flexibility index (Phi) is 4.21. The summed E-state index contributed by atoms with van der Waals surface area (Å²) in [5.41, 5.74) is -0.682. The number of pyridine rings is 1. The molecule has 29 heavy (non-hydrogen) atoms. The molecule has 0 amide bonds. The lowest BCUT2D eigenvalue weighted by Gasteiger charge is -2.40. The van der Waals surface area contributed by atoms with E-state index >= 15 is 0 Å². The smallest absolute Gasteiger partial charge is 0.176 e. The Bertz CT molecular complexity index is 1060. The molecular formula is C23H20BrNO4. The van der Waals surface area contributed by atoms with E-state index in [1.54, 1.807) is 12.4 Å². The van der Waals surface area contributed by atoms with Crippen LogP contribution < -0.4 is 9.47 Å². The fourth-order valence-electron chi connectivity index (χ4n) is 5.01. The molecule has 5 nitrogen and oxygen atoms in total. The number of methoxy groups -OCH3 is 1. The van der Waals surface area contributed by atoms with E-state index in [1.807, 2.05) is 54.6 Å². The number of aliphatic hydroxyl groups is 2. The summed E-state index contributed by atoms with van der Waals surface area (Å²) in [6.45, 7) is 0. The fourth-order valence-corrected chi connectivity index (χ4v) is 5.28. The van der Waals surface area contributed by atoms with Crippen LogP contribution in [0.3, 0.4) is 0 Å². The molecule has 0 radical (unpaired) electrons. The highest BCUT2D eigenvalue weighted by Gasteiger charge is 2.73. The average molecular weight is 454 g/mol. The molecule has 0 spiro atoms. The van der Waals surface area contributed by atoms with Gasteiger partial charge in [0, 0.05) is 10.4 Å². The van der Waals surface area contributed by atoms with Crippen LogP contribution in [0.2, 0.25) is 0 Å². The number of ether oxygens (including phenoxy) is 2. The van der Waals surface area contributed by atoms with Crippen molar-refractivity contribution in [2.45, 2.75) is 29.6 Å². The first kappa shape index (κ1) is 18.6. The standard InChI is InChI=1S/C23H20BrNO4/c1-28-18-12-25-13-19-21(18)22(27)20(26)11-17(14-5-3-2-4-6-14)23(22,29-19)15-7-9-16(24)10-8-15/h2-10,12-13,17,20,26-27H,11H2,1H3. The molecule has 1 aromatic heterocycles. The zero-order valence-electron chi connectivity index (χ0n) is 15.7. The predicted molar refractivity (Wildman–Crippen MR) is 111 cm³/mol. The molecule has 1 saturated carbocycles. The van der Waals surface area contributed by atoms with Gasteiger partial charge in [-0.25, -0.2) is 0 Å². The number of aromatic nitrogens is 1. The van der Waals surface area contributed by atoms with Gasteiger partial charge in [-0.15, -0.1) is 0 Å². The summed E-state index contributed by atoms with van der Waals surface area (Å²) >= 11 is 3.48. The normalized spacial score (nSPS) is 29.8. The topological polar surface area (TPSA) is 71.8 Å². The molecule has 0 bridgehead atoms. The van der Waals surface area contributed by atoms with Gasteiger partial charge in [0.05, 0.1) is 31.2 Å². The molecule has 1 aliphatic heterocycles. The first-order valence-electron chi connectivity index (χ1n) is 9.45. The van der Waals surface area contributed by atoms with Gasteiger partial charge in [-0.05, 0) is 29.7 Å². The minimum Gasteiger partial charge on any atom is -0.495 e. The van der Waals surface area contributed by atoms with Crippen LogP contribution in [0.4, 0.5) is 0 Å². The van der Waals surface area contributed by atoms with E-state index in [0.717, 1.165) is 15.6 Å². The van der Waals surface area contributed by atoms with Gasteiger partial charge in [0.25, 0.3) is 0 Å². The lowest BCUT2D eigenvalue weighted by molar-refractivity contribution is -0.150. The Balaban J connectivity index is 1.82. The van der Waals surface area contributed by atoms with E-state index in [2.05, 4.69) is 20.9 Å². The van der Waals surface area contributed by atoms with Crippen molar-refractivity contribution in [1.82, 2.24) is 4.98 Å². The molecule has 2 aliphatic rings. The van der Waals surface area contributed by atoms with Crippen molar-refractivity contribution in [2.24, 2.45) is 0 Å². The van der Waals surface area contributed by atoms with Crippen molar-refractivity contribution in [3.8, 4) is 11.5 Å². The van der Waals surface area contributed by atoms with Crippen LogP contribution in [0, 0.1) is 0 Å². The SMILES string of the molecule is COc1cncc2c1C1(O)C(O)CC(c3ccccc3)C1(c1ccc(Br)cc1)O2. The van der Waals surface area contributed by atoms with E-state index in [4.69, 9.17) is 9.47 Å².